The quantitative estimate of drug-likeness (QED) is 0.790. The summed E-state index contributed by atoms with van der Waals surface area (Å²) >= 11 is 1.49. The van der Waals surface area contributed by atoms with Gasteiger partial charge in [-0.3, -0.25) is 4.79 Å². The maximum atomic E-state index is 10.7. The predicted octanol–water partition coefficient (Wildman–Crippen LogP) is 3.59. The van der Waals surface area contributed by atoms with Crippen molar-refractivity contribution in [1.29, 1.82) is 0 Å². The highest BCUT2D eigenvalue weighted by Crippen LogP contribution is 2.30. The standard InChI is InChI=1S/C15H11NO2S/c17-14(18)8-11-9-19-15(16-11)13-7-3-5-10-4-1-2-6-12(10)13/h1-7,9H,8H2,(H,17,18). The minimum Gasteiger partial charge on any atom is -0.481 e. The van der Waals surface area contributed by atoms with Gasteiger partial charge in [0.1, 0.15) is 5.01 Å². The molecule has 0 saturated carbocycles. The zero-order chi connectivity index (χ0) is 13.2. The Labute approximate surface area is 114 Å². The van der Waals surface area contributed by atoms with Crippen molar-refractivity contribution in [1.82, 2.24) is 4.98 Å². The largest absolute Gasteiger partial charge is 0.481 e. The lowest BCUT2D eigenvalue weighted by atomic mass is 10.1. The summed E-state index contributed by atoms with van der Waals surface area (Å²) in [7, 11) is 0. The molecule has 0 aliphatic rings. The first-order valence-electron chi connectivity index (χ1n) is 5.88. The number of rotatable bonds is 3. The summed E-state index contributed by atoms with van der Waals surface area (Å²) in [4.78, 5) is 15.1. The van der Waals surface area contributed by atoms with Crippen molar-refractivity contribution < 1.29 is 9.90 Å². The Morgan fingerprint density at radius 3 is 2.79 bits per heavy atom. The second kappa shape index (κ2) is 4.82. The van der Waals surface area contributed by atoms with Crippen LogP contribution in [0.1, 0.15) is 5.69 Å². The van der Waals surface area contributed by atoms with Gasteiger partial charge in [-0.1, -0.05) is 42.5 Å². The number of aromatic nitrogens is 1. The Kier molecular flexibility index (Phi) is 3.01. The van der Waals surface area contributed by atoms with Gasteiger partial charge in [0.05, 0.1) is 12.1 Å². The molecule has 0 radical (unpaired) electrons. The van der Waals surface area contributed by atoms with E-state index in [9.17, 15) is 4.79 Å². The second-order valence-corrected chi connectivity index (χ2v) is 5.10. The maximum absolute atomic E-state index is 10.7. The molecule has 4 heteroatoms. The Hall–Kier alpha value is -2.20. The molecule has 0 fully saturated rings. The fourth-order valence-electron chi connectivity index (χ4n) is 2.08. The van der Waals surface area contributed by atoms with Crippen LogP contribution in [-0.2, 0) is 11.2 Å². The Bertz CT molecular complexity index is 743. The average Bonchev–Trinajstić information content (AvgIpc) is 2.85. The number of hydrogen-bond donors (Lipinski definition) is 1. The maximum Gasteiger partial charge on any atom is 0.309 e. The van der Waals surface area contributed by atoms with Crippen LogP contribution in [0.25, 0.3) is 21.3 Å². The van der Waals surface area contributed by atoms with Gasteiger partial charge in [-0.05, 0) is 10.8 Å². The third kappa shape index (κ3) is 2.35. The van der Waals surface area contributed by atoms with E-state index < -0.39 is 5.97 Å². The molecule has 0 aliphatic carbocycles. The topological polar surface area (TPSA) is 50.2 Å². The summed E-state index contributed by atoms with van der Waals surface area (Å²) in [6, 6.07) is 14.2. The van der Waals surface area contributed by atoms with E-state index in [4.69, 9.17) is 5.11 Å². The van der Waals surface area contributed by atoms with Crippen LogP contribution in [0.2, 0.25) is 0 Å². The van der Waals surface area contributed by atoms with E-state index >= 15 is 0 Å². The van der Waals surface area contributed by atoms with Crippen LogP contribution in [0.15, 0.2) is 47.8 Å². The van der Waals surface area contributed by atoms with Crippen LogP contribution < -0.4 is 0 Å². The number of aliphatic carboxylic acids is 1. The molecule has 1 N–H and O–H groups in total. The van der Waals surface area contributed by atoms with Crippen molar-refractivity contribution in [2.75, 3.05) is 0 Å². The molecular weight excluding hydrogens is 258 g/mol. The number of fused-ring (bicyclic) bond motifs is 1. The highest BCUT2D eigenvalue weighted by molar-refractivity contribution is 7.13. The van der Waals surface area contributed by atoms with Crippen molar-refractivity contribution in [3.05, 3.63) is 53.5 Å². The van der Waals surface area contributed by atoms with Gasteiger partial charge in [-0.15, -0.1) is 11.3 Å². The smallest absolute Gasteiger partial charge is 0.309 e. The first-order valence-corrected chi connectivity index (χ1v) is 6.76. The second-order valence-electron chi connectivity index (χ2n) is 4.24. The zero-order valence-electron chi connectivity index (χ0n) is 10.0. The molecule has 3 aromatic rings. The van der Waals surface area contributed by atoms with Gasteiger partial charge < -0.3 is 5.11 Å². The Balaban J connectivity index is 2.09. The summed E-state index contributed by atoms with van der Waals surface area (Å²) in [5.74, 6) is -0.852. The van der Waals surface area contributed by atoms with Gasteiger partial charge in [0, 0.05) is 10.9 Å². The number of carbonyl (C=O) groups is 1. The molecule has 1 aromatic heterocycles. The number of carboxylic acids is 1. The molecule has 3 nitrogen and oxygen atoms in total. The van der Waals surface area contributed by atoms with E-state index in [0.717, 1.165) is 21.3 Å². The lowest BCUT2D eigenvalue weighted by Crippen LogP contribution is -1.99. The van der Waals surface area contributed by atoms with Crippen LogP contribution in [0, 0.1) is 0 Å². The molecule has 0 spiro atoms. The first-order chi connectivity index (χ1) is 9.24. The lowest BCUT2D eigenvalue weighted by Gasteiger charge is -2.02. The van der Waals surface area contributed by atoms with Crippen LogP contribution in [0.5, 0.6) is 0 Å². The van der Waals surface area contributed by atoms with Crippen LogP contribution in [0.4, 0.5) is 0 Å². The molecule has 3 rings (SSSR count). The van der Waals surface area contributed by atoms with Gasteiger partial charge >= 0.3 is 5.97 Å². The monoisotopic (exact) mass is 269 g/mol. The minimum atomic E-state index is -0.852. The molecule has 1 heterocycles. The fraction of sp³-hybridized carbons (Fsp3) is 0.0667. The van der Waals surface area contributed by atoms with Crippen molar-refractivity contribution in [3.63, 3.8) is 0 Å². The number of thiazole rings is 1. The van der Waals surface area contributed by atoms with Gasteiger partial charge in [0.2, 0.25) is 0 Å². The molecular formula is C15H11NO2S. The summed E-state index contributed by atoms with van der Waals surface area (Å²) in [6.45, 7) is 0. The van der Waals surface area contributed by atoms with E-state index in [2.05, 4.69) is 23.2 Å². The fourth-order valence-corrected chi connectivity index (χ4v) is 2.94. The van der Waals surface area contributed by atoms with E-state index in [-0.39, 0.29) is 6.42 Å². The predicted molar refractivity (Wildman–Crippen MR) is 76.4 cm³/mol. The summed E-state index contributed by atoms with van der Waals surface area (Å²) in [6.07, 6.45) is -0.0265. The highest BCUT2D eigenvalue weighted by atomic mass is 32.1. The Morgan fingerprint density at radius 1 is 1.16 bits per heavy atom. The zero-order valence-corrected chi connectivity index (χ0v) is 10.9. The van der Waals surface area contributed by atoms with Crippen molar-refractivity contribution in [3.8, 4) is 10.6 Å². The van der Waals surface area contributed by atoms with Crippen molar-refractivity contribution in [2.45, 2.75) is 6.42 Å². The molecule has 0 aliphatic heterocycles. The molecule has 0 atom stereocenters. The van der Waals surface area contributed by atoms with Gasteiger partial charge in [-0.25, -0.2) is 4.98 Å². The van der Waals surface area contributed by atoms with Crippen molar-refractivity contribution >= 4 is 28.1 Å². The molecule has 0 amide bonds. The molecule has 19 heavy (non-hydrogen) atoms. The van der Waals surface area contributed by atoms with E-state index in [1.807, 2.05) is 29.6 Å². The minimum absolute atomic E-state index is 0.0265. The number of nitrogens with zero attached hydrogens (tertiary/aromatic N) is 1. The van der Waals surface area contributed by atoms with Gasteiger partial charge in [-0.2, -0.15) is 0 Å². The third-order valence-corrected chi connectivity index (χ3v) is 3.83. The van der Waals surface area contributed by atoms with Crippen LogP contribution in [-0.4, -0.2) is 16.1 Å². The summed E-state index contributed by atoms with van der Waals surface area (Å²) < 4.78 is 0. The number of hydrogen-bond acceptors (Lipinski definition) is 3. The van der Waals surface area contributed by atoms with Gasteiger partial charge in [0.25, 0.3) is 0 Å². The normalized spacial score (nSPS) is 10.7. The molecule has 0 bridgehead atoms. The lowest BCUT2D eigenvalue weighted by molar-refractivity contribution is -0.136. The third-order valence-electron chi connectivity index (χ3n) is 2.90. The molecule has 2 aromatic carbocycles. The van der Waals surface area contributed by atoms with Crippen LogP contribution >= 0.6 is 11.3 Å². The summed E-state index contributed by atoms with van der Waals surface area (Å²) in [5, 5.41) is 13.8. The van der Waals surface area contributed by atoms with Crippen LogP contribution in [0.3, 0.4) is 0 Å². The summed E-state index contributed by atoms with van der Waals surface area (Å²) in [5.41, 5.74) is 1.67. The average molecular weight is 269 g/mol. The number of benzene rings is 2. The van der Waals surface area contributed by atoms with E-state index in [1.165, 1.54) is 11.3 Å². The first kappa shape index (κ1) is 11.9. The van der Waals surface area contributed by atoms with E-state index in [1.54, 1.807) is 0 Å². The van der Waals surface area contributed by atoms with E-state index in [0.29, 0.717) is 5.69 Å². The molecule has 0 unspecified atom stereocenters. The van der Waals surface area contributed by atoms with Crippen molar-refractivity contribution in [2.24, 2.45) is 0 Å². The molecule has 94 valence electrons. The molecule has 0 saturated heterocycles. The van der Waals surface area contributed by atoms with Gasteiger partial charge in [0.15, 0.2) is 0 Å². The Morgan fingerprint density at radius 2 is 1.95 bits per heavy atom. The number of carboxylic acid groups (broad SMARTS) is 1. The highest BCUT2D eigenvalue weighted by Gasteiger charge is 2.10. The SMILES string of the molecule is O=C(O)Cc1csc(-c2cccc3ccccc23)n1.